The van der Waals surface area contributed by atoms with Crippen LogP contribution in [0.2, 0.25) is 0 Å². The third-order valence-corrected chi connectivity index (χ3v) is 3.09. The number of hydrogen-bond donors (Lipinski definition) is 3. The molecule has 0 spiro atoms. The first kappa shape index (κ1) is 15.6. The predicted octanol–water partition coefficient (Wildman–Crippen LogP) is 3.66. The Morgan fingerprint density at radius 3 is 2.27 bits per heavy atom. The van der Waals surface area contributed by atoms with E-state index >= 15 is 0 Å². The highest BCUT2D eigenvalue weighted by atomic mass is 16.4. The van der Waals surface area contributed by atoms with E-state index in [1.807, 2.05) is 37.3 Å². The summed E-state index contributed by atoms with van der Waals surface area (Å²) in [6, 6.07) is 14.4. The van der Waals surface area contributed by atoms with Gasteiger partial charge in [0.15, 0.2) is 0 Å². The molecular formula is C17H18N2O3. The summed E-state index contributed by atoms with van der Waals surface area (Å²) in [6.07, 6.45) is 0.503. The molecule has 2 aromatic rings. The van der Waals surface area contributed by atoms with Gasteiger partial charge >= 0.3 is 12.0 Å². The van der Waals surface area contributed by atoms with E-state index in [9.17, 15) is 9.59 Å². The van der Waals surface area contributed by atoms with E-state index in [4.69, 9.17) is 5.11 Å². The number of hydrogen-bond acceptors (Lipinski definition) is 2. The molecule has 0 unspecified atom stereocenters. The Morgan fingerprint density at radius 2 is 1.64 bits per heavy atom. The molecule has 114 valence electrons. The first-order valence-corrected chi connectivity index (χ1v) is 6.98. The maximum Gasteiger partial charge on any atom is 0.323 e. The molecule has 0 saturated heterocycles. The van der Waals surface area contributed by atoms with Gasteiger partial charge in [0.05, 0.1) is 0 Å². The van der Waals surface area contributed by atoms with E-state index in [-0.39, 0.29) is 12.5 Å². The Kier molecular flexibility index (Phi) is 5.14. The van der Waals surface area contributed by atoms with Crippen molar-refractivity contribution in [1.29, 1.82) is 0 Å². The molecule has 0 aliphatic rings. The van der Waals surface area contributed by atoms with Gasteiger partial charge in [-0.2, -0.15) is 0 Å². The molecule has 0 aromatic heterocycles. The molecule has 3 N–H and O–H groups in total. The minimum Gasteiger partial charge on any atom is -0.481 e. The maximum absolute atomic E-state index is 12.0. The van der Waals surface area contributed by atoms with Crippen LogP contribution in [-0.2, 0) is 11.2 Å². The van der Waals surface area contributed by atoms with E-state index in [1.54, 1.807) is 18.2 Å². The average Bonchev–Trinajstić information content (AvgIpc) is 2.45. The Bertz CT molecular complexity index is 683. The molecule has 0 atom stereocenters. The number of benzene rings is 2. The van der Waals surface area contributed by atoms with Gasteiger partial charge in [0.2, 0.25) is 0 Å². The van der Waals surface area contributed by atoms with E-state index in [0.29, 0.717) is 12.1 Å². The van der Waals surface area contributed by atoms with Crippen LogP contribution in [-0.4, -0.2) is 17.1 Å². The van der Waals surface area contributed by atoms with E-state index in [1.165, 1.54) is 0 Å². The summed E-state index contributed by atoms with van der Waals surface area (Å²) in [5, 5.41) is 14.2. The molecule has 2 rings (SSSR count). The number of carboxylic acid groups (broad SMARTS) is 1. The van der Waals surface area contributed by atoms with Crippen molar-refractivity contribution in [2.75, 3.05) is 10.6 Å². The number of aryl methyl sites for hydroxylation is 2. The highest BCUT2D eigenvalue weighted by Crippen LogP contribution is 2.14. The van der Waals surface area contributed by atoms with Gasteiger partial charge in [-0.15, -0.1) is 0 Å². The zero-order valence-electron chi connectivity index (χ0n) is 12.3. The number of amides is 2. The summed E-state index contributed by atoms with van der Waals surface area (Å²) in [7, 11) is 0. The second-order valence-corrected chi connectivity index (χ2v) is 5.04. The Balaban J connectivity index is 1.96. The molecule has 0 aliphatic heterocycles. The minimum absolute atomic E-state index is 0.0684. The van der Waals surface area contributed by atoms with Crippen molar-refractivity contribution in [3.05, 3.63) is 59.7 Å². The van der Waals surface area contributed by atoms with Crippen LogP contribution in [0.25, 0.3) is 0 Å². The monoisotopic (exact) mass is 298 g/mol. The molecule has 5 heteroatoms. The van der Waals surface area contributed by atoms with Crippen molar-refractivity contribution in [2.45, 2.75) is 19.8 Å². The highest BCUT2D eigenvalue weighted by molar-refractivity contribution is 5.99. The van der Waals surface area contributed by atoms with Gasteiger partial charge in [0, 0.05) is 17.8 Å². The normalized spacial score (nSPS) is 10.0. The first-order valence-electron chi connectivity index (χ1n) is 6.98. The molecule has 0 heterocycles. The van der Waals surface area contributed by atoms with Crippen LogP contribution in [0.3, 0.4) is 0 Å². The molecule has 22 heavy (non-hydrogen) atoms. The van der Waals surface area contributed by atoms with Gasteiger partial charge in [-0.25, -0.2) is 4.79 Å². The van der Waals surface area contributed by atoms with Crippen LogP contribution < -0.4 is 10.6 Å². The second kappa shape index (κ2) is 7.26. The molecule has 0 fully saturated rings. The number of carboxylic acids is 1. The Morgan fingerprint density at radius 1 is 1.00 bits per heavy atom. The molecule has 2 amide bonds. The Labute approximate surface area is 129 Å². The van der Waals surface area contributed by atoms with Crippen LogP contribution in [0.5, 0.6) is 0 Å². The molecule has 2 aromatic carbocycles. The SMILES string of the molecule is Cc1cccc(NC(=O)Nc2cccc(CCC(=O)O)c2)c1. The van der Waals surface area contributed by atoms with E-state index < -0.39 is 5.97 Å². The minimum atomic E-state index is -0.837. The summed E-state index contributed by atoms with van der Waals surface area (Å²) in [4.78, 5) is 22.5. The van der Waals surface area contributed by atoms with Crippen molar-refractivity contribution in [3.8, 4) is 0 Å². The zero-order chi connectivity index (χ0) is 15.9. The summed E-state index contributed by atoms with van der Waals surface area (Å²) in [5.41, 5.74) is 3.29. The standard InChI is InChI=1S/C17H18N2O3/c1-12-4-2-6-14(10-12)18-17(22)19-15-7-3-5-13(11-15)8-9-16(20)21/h2-7,10-11H,8-9H2,1H3,(H,20,21)(H2,18,19,22). The number of nitrogens with one attached hydrogen (secondary N) is 2. The summed E-state index contributed by atoms with van der Waals surface area (Å²) < 4.78 is 0. The van der Waals surface area contributed by atoms with Crippen LogP contribution in [0.15, 0.2) is 48.5 Å². The average molecular weight is 298 g/mol. The van der Waals surface area contributed by atoms with Crippen LogP contribution in [0.1, 0.15) is 17.5 Å². The summed E-state index contributed by atoms with van der Waals surface area (Å²) >= 11 is 0. The predicted molar refractivity (Wildman–Crippen MR) is 86.2 cm³/mol. The number of anilines is 2. The molecule has 0 radical (unpaired) electrons. The summed E-state index contributed by atoms with van der Waals surface area (Å²) in [5.74, 6) is -0.837. The smallest absolute Gasteiger partial charge is 0.323 e. The highest BCUT2D eigenvalue weighted by Gasteiger charge is 2.04. The lowest BCUT2D eigenvalue weighted by Gasteiger charge is -2.09. The number of carbonyl (C=O) groups excluding carboxylic acids is 1. The largest absolute Gasteiger partial charge is 0.481 e. The van der Waals surface area contributed by atoms with Crippen molar-refractivity contribution in [2.24, 2.45) is 0 Å². The third-order valence-electron chi connectivity index (χ3n) is 3.09. The van der Waals surface area contributed by atoms with Gasteiger partial charge in [-0.1, -0.05) is 24.3 Å². The van der Waals surface area contributed by atoms with Crippen molar-refractivity contribution in [3.63, 3.8) is 0 Å². The number of aliphatic carboxylic acids is 1. The van der Waals surface area contributed by atoms with Gasteiger partial charge in [-0.3, -0.25) is 4.79 Å². The van der Waals surface area contributed by atoms with Crippen LogP contribution >= 0.6 is 0 Å². The maximum atomic E-state index is 12.0. The van der Waals surface area contributed by atoms with Crippen molar-refractivity contribution in [1.82, 2.24) is 0 Å². The lowest BCUT2D eigenvalue weighted by Crippen LogP contribution is -2.19. The van der Waals surface area contributed by atoms with Gasteiger partial charge in [0.1, 0.15) is 0 Å². The number of rotatable bonds is 5. The fourth-order valence-electron chi connectivity index (χ4n) is 2.07. The molecule has 0 bridgehead atoms. The second-order valence-electron chi connectivity index (χ2n) is 5.04. The fraction of sp³-hybridized carbons (Fsp3) is 0.176. The van der Waals surface area contributed by atoms with Crippen molar-refractivity contribution >= 4 is 23.4 Å². The number of urea groups is 1. The van der Waals surface area contributed by atoms with Gasteiger partial charge in [-0.05, 0) is 48.7 Å². The fourth-order valence-corrected chi connectivity index (χ4v) is 2.07. The van der Waals surface area contributed by atoms with E-state index in [0.717, 1.165) is 16.8 Å². The first-order chi connectivity index (χ1) is 10.5. The number of carbonyl (C=O) groups is 2. The lowest BCUT2D eigenvalue weighted by atomic mass is 10.1. The lowest BCUT2D eigenvalue weighted by molar-refractivity contribution is -0.136. The van der Waals surface area contributed by atoms with Crippen molar-refractivity contribution < 1.29 is 14.7 Å². The molecule has 0 aliphatic carbocycles. The van der Waals surface area contributed by atoms with Gasteiger partial charge < -0.3 is 15.7 Å². The van der Waals surface area contributed by atoms with Gasteiger partial charge in [0.25, 0.3) is 0 Å². The molecule has 5 nitrogen and oxygen atoms in total. The quantitative estimate of drug-likeness (QED) is 0.788. The van der Waals surface area contributed by atoms with E-state index in [2.05, 4.69) is 10.6 Å². The topological polar surface area (TPSA) is 78.4 Å². The summed E-state index contributed by atoms with van der Waals surface area (Å²) in [6.45, 7) is 1.95. The molecular weight excluding hydrogens is 280 g/mol. The third kappa shape index (κ3) is 4.94. The molecule has 0 saturated carbocycles. The Hall–Kier alpha value is -2.82. The zero-order valence-corrected chi connectivity index (χ0v) is 12.3. The van der Waals surface area contributed by atoms with Crippen LogP contribution in [0, 0.1) is 6.92 Å². The van der Waals surface area contributed by atoms with Crippen LogP contribution in [0.4, 0.5) is 16.2 Å².